The molecule has 0 bridgehead atoms. The Hall–Kier alpha value is -3.34. The van der Waals surface area contributed by atoms with Crippen LogP contribution in [0, 0.1) is 11.3 Å². The lowest BCUT2D eigenvalue weighted by Crippen LogP contribution is -2.19. The van der Waals surface area contributed by atoms with Crippen LogP contribution in [0.4, 0.5) is 0 Å². The van der Waals surface area contributed by atoms with E-state index in [1.807, 2.05) is 30.3 Å². The predicted octanol–water partition coefficient (Wildman–Crippen LogP) is 4.33. The molecule has 0 atom stereocenters. The molecule has 0 saturated carbocycles. The second-order valence-corrected chi connectivity index (χ2v) is 6.40. The molecular formula is C22H20N2O5. The molecule has 0 unspecified atom stereocenters. The van der Waals surface area contributed by atoms with E-state index in [9.17, 15) is 5.26 Å². The highest BCUT2D eigenvalue weighted by Crippen LogP contribution is 2.46. The molecule has 3 aromatic rings. The normalized spacial score (nSPS) is 14.4. The fourth-order valence-corrected chi connectivity index (χ4v) is 3.41. The van der Waals surface area contributed by atoms with Gasteiger partial charge in [0.15, 0.2) is 12.1 Å². The standard InChI is InChI=1S/C22H20N2O5/c1-25-16-9-10-17(26-2)19(22-27-11-6-12-28-22)18(16)20-15(13-23)21(29-24-20)14-7-4-3-5-8-14/h3-5,7-10,22H,6,11-12H2,1-2H3. The Kier molecular flexibility index (Phi) is 5.47. The van der Waals surface area contributed by atoms with Gasteiger partial charge in [0.05, 0.1) is 38.6 Å². The predicted molar refractivity (Wildman–Crippen MR) is 104 cm³/mol. The first-order chi connectivity index (χ1) is 14.3. The lowest BCUT2D eigenvalue weighted by molar-refractivity contribution is -0.183. The summed E-state index contributed by atoms with van der Waals surface area (Å²) in [5.74, 6) is 1.47. The van der Waals surface area contributed by atoms with E-state index in [0.717, 1.165) is 12.0 Å². The van der Waals surface area contributed by atoms with Gasteiger partial charge in [-0.1, -0.05) is 35.5 Å². The van der Waals surface area contributed by atoms with Crippen LogP contribution in [0.1, 0.15) is 23.8 Å². The third-order valence-corrected chi connectivity index (χ3v) is 4.75. The van der Waals surface area contributed by atoms with Gasteiger partial charge in [-0.25, -0.2) is 0 Å². The Labute approximate surface area is 168 Å². The van der Waals surface area contributed by atoms with Crippen LogP contribution in [0.3, 0.4) is 0 Å². The van der Waals surface area contributed by atoms with Crippen molar-refractivity contribution in [1.29, 1.82) is 5.26 Å². The molecule has 148 valence electrons. The van der Waals surface area contributed by atoms with Gasteiger partial charge in [-0.05, 0) is 18.6 Å². The summed E-state index contributed by atoms with van der Waals surface area (Å²) >= 11 is 0. The van der Waals surface area contributed by atoms with E-state index in [-0.39, 0.29) is 0 Å². The van der Waals surface area contributed by atoms with Crippen molar-refractivity contribution in [2.75, 3.05) is 27.4 Å². The molecule has 0 radical (unpaired) electrons. The molecule has 4 rings (SSSR count). The van der Waals surface area contributed by atoms with Crippen LogP contribution in [-0.4, -0.2) is 32.6 Å². The average Bonchev–Trinajstić information content (AvgIpc) is 3.22. The van der Waals surface area contributed by atoms with Crippen LogP contribution in [0.2, 0.25) is 0 Å². The van der Waals surface area contributed by atoms with Gasteiger partial charge >= 0.3 is 0 Å². The summed E-state index contributed by atoms with van der Waals surface area (Å²) in [4.78, 5) is 0. The molecule has 0 amide bonds. The lowest BCUT2D eigenvalue weighted by atomic mass is 9.96. The SMILES string of the molecule is COc1ccc(OC)c(C2OCCCO2)c1-c1noc(-c2ccccc2)c1C#N. The Morgan fingerprint density at radius 2 is 1.69 bits per heavy atom. The van der Waals surface area contributed by atoms with Crippen molar-refractivity contribution in [2.45, 2.75) is 12.7 Å². The maximum Gasteiger partial charge on any atom is 0.188 e. The number of nitriles is 1. The Bertz CT molecular complexity index is 1030. The van der Waals surface area contributed by atoms with Gasteiger partial charge in [-0.3, -0.25) is 0 Å². The van der Waals surface area contributed by atoms with Crippen molar-refractivity contribution in [3.05, 3.63) is 53.6 Å². The number of rotatable bonds is 5. The highest BCUT2D eigenvalue weighted by atomic mass is 16.7. The molecule has 7 heteroatoms. The number of hydrogen-bond donors (Lipinski definition) is 0. The molecular weight excluding hydrogens is 372 g/mol. The van der Waals surface area contributed by atoms with Crippen molar-refractivity contribution in [2.24, 2.45) is 0 Å². The quantitative estimate of drug-likeness (QED) is 0.638. The molecule has 7 nitrogen and oxygen atoms in total. The highest BCUT2D eigenvalue weighted by molar-refractivity contribution is 5.82. The fourth-order valence-electron chi connectivity index (χ4n) is 3.41. The molecule has 2 heterocycles. The average molecular weight is 392 g/mol. The van der Waals surface area contributed by atoms with Crippen LogP contribution in [0.15, 0.2) is 47.0 Å². The van der Waals surface area contributed by atoms with E-state index >= 15 is 0 Å². The Morgan fingerprint density at radius 3 is 2.34 bits per heavy atom. The number of ether oxygens (including phenoxy) is 4. The maximum atomic E-state index is 9.92. The zero-order valence-corrected chi connectivity index (χ0v) is 16.2. The van der Waals surface area contributed by atoms with Crippen molar-refractivity contribution >= 4 is 0 Å². The molecule has 2 aromatic carbocycles. The fraction of sp³-hybridized carbons (Fsp3) is 0.273. The highest BCUT2D eigenvalue weighted by Gasteiger charge is 2.31. The van der Waals surface area contributed by atoms with Gasteiger partial charge in [0.1, 0.15) is 28.8 Å². The largest absolute Gasteiger partial charge is 0.496 e. The maximum absolute atomic E-state index is 9.92. The third-order valence-electron chi connectivity index (χ3n) is 4.75. The summed E-state index contributed by atoms with van der Waals surface area (Å²) < 4.78 is 28.4. The summed E-state index contributed by atoms with van der Waals surface area (Å²) in [6.07, 6.45) is 0.149. The second-order valence-electron chi connectivity index (χ2n) is 6.40. The van der Waals surface area contributed by atoms with Gasteiger partial charge in [0.2, 0.25) is 0 Å². The van der Waals surface area contributed by atoms with Crippen molar-refractivity contribution < 1.29 is 23.5 Å². The summed E-state index contributed by atoms with van der Waals surface area (Å²) in [6.45, 7) is 1.12. The molecule has 0 spiro atoms. The minimum Gasteiger partial charge on any atom is -0.496 e. The molecule has 0 N–H and O–H groups in total. The van der Waals surface area contributed by atoms with Crippen LogP contribution in [0.25, 0.3) is 22.6 Å². The number of hydrogen-bond acceptors (Lipinski definition) is 7. The van der Waals surface area contributed by atoms with Crippen molar-refractivity contribution in [3.8, 4) is 40.1 Å². The molecule has 1 aromatic heterocycles. The Balaban J connectivity index is 1.95. The van der Waals surface area contributed by atoms with E-state index in [1.165, 1.54) is 0 Å². The molecule has 1 saturated heterocycles. The van der Waals surface area contributed by atoms with Gasteiger partial charge in [-0.2, -0.15) is 5.26 Å². The van der Waals surface area contributed by atoms with Crippen LogP contribution in [0.5, 0.6) is 11.5 Å². The summed E-state index contributed by atoms with van der Waals surface area (Å²) in [6, 6.07) is 15.1. The Morgan fingerprint density at radius 1 is 1.00 bits per heavy atom. The van der Waals surface area contributed by atoms with E-state index in [0.29, 0.717) is 52.9 Å². The van der Waals surface area contributed by atoms with Gasteiger partial charge in [0, 0.05) is 5.56 Å². The van der Waals surface area contributed by atoms with Crippen LogP contribution < -0.4 is 9.47 Å². The number of methoxy groups -OCH3 is 2. The van der Waals surface area contributed by atoms with Crippen molar-refractivity contribution in [3.63, 3.8) is 0 Å². The first kappa shape index (κ1) is 19.0. The smallest absolute Gasteiger partial charge is 0.188 e. The van der Waals surface area contributed by atoms with E-state index in [1.54, 1.807) is 26.4 Å². The molecule has 0 aliphatic carbocycles. The van der Waals surface area contributed by atoms with Crippen LogP contribution >= 0.6 is 0 Å². The van der Waals surface area contributed by atoms with Gasteiger partial charge in [0.25, 0.3) is 0 Å². The topological polar surface area (TPSA) is 86.7 Å². The number of benzene rings is 2. The molecule has 29 heavy (non-hydrogen) atoms. The monoisotopic (exact) mass is 392 g/mol. The molecule has 1 fully saturated rings. The van der Waals surface area contributed by atoms with Gasteiger partial charge in [-0.15, -0.1) is 0 Å². The lowest BCUT2D eigenvalue weighted by Gasteiger charge is -2.27. The minimum atomic E-state index is -0.660. The summed E-state index contributed by atoms with van der Waals surface area (Å²) in [5.41, 5.74) is 2.60. The zero-order valence-electron chi connectivity index (χ0n) is 16.2. The summed E-state index contributed by atoms with van der Waals surface area (Å²) in [5, 5.41) is 14.1. The summed E-state index contributed by atoms with van der Waals surface area (Å²) in [7, 11) is 3.13. The number of aromatic nitrogens is 1. The first-order valence-electron chi connectivity index (χ1n) is 9.22. The second kappa shape index (κ2) is 8.35. The zero-order chi connectivity index (χ0) is 20.2. The van der Waals surface area contributed by atoms with E-state index < -0.39 is 6.29 Å². The first-order valence-corrected chi connectivity index (χ1v) is 9.22. The third kappa shape index (κ3) is 3.44. The van der Waals surface area contributed by atoms with E-state index in [4.69, 9.17) is 23.5 Å². The molecule has 1 aliphatic heterocycles. The minimum absolute atomic E-state index is 0.305. The van der Waals surface area contributed by atoms with Crippen LogP contribution in [-0.2, 0) is 9.47 Å². The molecule has 1 aliphatic rings. The number of nitrogens with zero attached hydrogens (tertiary/aromatic N) is 2. The van der Waals surface area contributed by atoms with Crippen molar-refractivity contribution in [1.82, 2.24) is 5.16 Å². The van der Waals surface area contributed by atoms with Gasteiger partial charge < -0.3 is 23.5 Å². The van der Waals surface area contributed by atoms with E-state index in [2.05, 4.69) is 11.2 Å².